The summed E-state index contributed by atoms with van der Waals surface area (Å²) in [5.41, 5.74) is 1.47. The fourth-order valence-electron chi connectivity index (χ4n) is 2.97. The topological polar surface area (TPSA) is 83.9 Å². The fourth-order valence-corrected chi connectivity index (χ4v) is 3.35. The van der Waals surface area contributed by atoms with Crippen LogP contribution < -0.4 is 15.8 Å². The van der Waals surface area contributed by atoms with Crippen LogP contribution in [0.5, 0.6) is 0 Å². The van der Waals surface area contributed by atoms with Crippen molar-refractivity contribution in [2.45, 2.75) is 6.54 Å². The molecular formula is C20H23BrN4O4. The minimum atomic E-state index is -0.331. The lowest BCUT2D eigenvalue weighted by Crippen LogP contribution is -2.38. The molecule has 0 atom stereocenters. The molecule has 9 heteroatoms. The van der Waals surface area contributed by atoms with E-state index in [9.17, 15) is 14.4 Å². The molecule has 2 aromatic rings. The first kappa shape index (κ1) is 21.1. The lowest BCUT2D eigenvalue weighted by Gasteiger charge is -2.28. The summed E-state index contributed by atoms with van der Waals surface area (Å²) in [5.74, 6) is -0.635. The van der Waals surface area contributed by atoms with Crippen LogP contribution in [0.2, 0.25) is 0 Å². The zero-order valence-corrected chi connectivity index (χ0v) is 17.7. The van der Waals surface area contributed by atoms with Gasteiger partial charge >= 0.3 is 0 Å². The minimum Gasteiger partial charge on any atom is -0.378 e. The number of nitrogens with one attached hydrogen (secondary N) is 1. The Morgan fingerprint density at radius 2 is 1.83 bits per heavy atom. The second-order valence-electron chi connectivity index (χ2n) is 6.76. The van der Waals surface area contributed by atoms with Gasteiger partial charge in [0.05, 0.1) is 19.8 Å². The lowest BCUT2D eigenvalue weighted by molar-refractivity contribution is -0.133. The fraction of sp³-hybridized carbons (Fsp3) is 0.350. The number of pyridine rings is 1. The van der Waals surface area contributed by atoms with Gasteiger partial charge in [0.2, 0.25) is 11.8 Å². The van der Waals surface area contributed by atoms with Crippen LogP contribution in [0.15, 0.2) is 51.9 Å². The SMILES string of the molecule is CN(CC(=O)Nc1ccc(N2CCOCC2)cc1)C(=O)Cn1cc(Br)ccc1=O. The molecular weight excluding hydrogens is 440 g/mol. The van der Waals surface area contributed by atoms with Crippen LogP contribution in [-0.4, -0.2) is 61.2 Å². The number of aromatic nitrogens is 1. The van der Waals surface area contributed by atoms with Crippen LogP contribution in [0.3, 0.4) is 0 Å². The van der Waals surface area contributed by atoms with Gasteiger partial charge in [0.1, 0.15) is 6.54 Å². The molecule has 8 nitrogen and oxygen atoms in total. The van der Waals surface area contributed by atoms with Gasteiger partial charge in [-0.15, -0.1) is 0 Å². The molecule has 1 saturated heterocycles. The van der Waals surface area contributed by atoms with Crippen LogP contribution in [0.25, 0.3) is 0 Å². The number of morpholine rings is 1. The molecule has 154 valence electrons. The third-order valence-corrected chi connectivity index (χ3v) is 5.06. The quantitative estimate of drug-likeness (QED) is 0.703. The highest BCUT2D eigenvalue weighted by Gasteiger charge is 2.15. The number of rotatable bonds is 6. The van der Waals surface area contributed by atoms with E-state index in [0.29, 0.717) is 23.4 Å². The van der Waals surface area contributed by atoms with Crippen molar-refractivity contribution in [3.63, 3.8) is 0 Å². The molecule has 0 aliphatic carbocycles. The van der Waals surface area contributed by atoms with Crippen LogP contribution in [0.1, 0.15) is 0 Å². The monoisotopic (exact) mass is 462 g/mol. The third-order valence-electron chi connectivity index (χ3n) is 4.59. The Hall–Kier alpha value is -2.65. The second kappa shape index (κ2) is 9.71. The maximum absolute atomic E-state index is 12.3. The summed E-state index contributed by atoms with van der Waals surface area (Å²) >= 11 is 3.27. The number of ether oxygens (including phenoxy) is 1. The van der Waals surface area contributed by atoms with E-state index in [1.54, 1.807) is 12.3 Å². The van der Waals surface area contributed by atoms with Gasteiger partial charge in [-0.25, -0.2) is 0 Å². The number of carbonyl (C=O) groups excluding carboxylic acids is 2. The van der Waals surface area contributed by atoms with Gasteiger partial charge in [-0.1, -0.05) is 0 Å². The van der Waals surface area contributed by atoms with E-state index in [1.807, 2.05) is 24.3 Å². The van der Waals surface area contributed by atoms with Gasteiger partial charge in [-0.05, 0) is 46.3 Å². The Bertz CT molecular complexity index is 923. The van der Waals surface area contributed by atoms with Crippen LogP contribution >= 0.6 is 15.9 Å². The van der Waals surface area contributed by atoms with Crippen molar-refractivity contribution in [3.05, 3.63) is 57.4 Å². The molecule has 2 heterocycles. The predicted octanol–water partition coefficient (Wildman–Crippen LogP) is 1.54. The number of halogens is 1. The van der Waals surface area contributed by atoms with Crippen LogP contribution in [0, 0.1) is 0 Å². The van der Waals surface area contributed by atoms with Crippen molar-refractivity contribution >= 4 is 39.1 Å². The largest absolute Gasteiger partial charge is 0.378 e. The van der Waals surface area contributed by atoms with E-state index in [-0.39, 0.29) is 30.5 Å². The molecule has 0 bridgehead atoms. The first-order chi connectivity index (χ1) is 13.9. The highest BCUT2D eigenvalue weighted by molar-refractivity contribution is 9.10. The van der Waals surface area contributed by atoms with Crippen molar-refractivity contribution in [3.8, 4) is 0 Å². The van der Waals surface area contributed by atoms with Gasteiger partial charge in [0.15, 0.2) is 0 Å². The first-order valence-electron chi connectivity index (χ1n) is 9.25. The van der Waals surface area contributed by atoms with Crippen LogP contribution in [0.4, 0.5) is 11.4 Å². The van der Waals surface area contributed by atoms with Crippen molar-refractivity contribution in [1.82, 2.24) is 9.47 Å². The maximum Gasteiger partial charge on any atom is 0.251 e. The van der Waals surface area contributed by atoms with Crippen molar-refractivity contribution < 1.29 is 14.3 Å². The molecule has 1 aliphatic rings. The predicted molar refractivity (Wildman–Crippen MR) is 114 cm³/mol. The number of likely N-dealkylation sites (N-methyl/N-ethyl adjacent to an activating group) is 1. The van der Waals surface area contributed by atoms with Gasteiger partial charge in [0.25, 0.3) is 5.56 Å². The summed E-state index contributed by atoms with van der Waals surface area (Å²) in [5, 5.41) is 2.79. The Labute approximate surface area is 177 Å². The molecule has 0 saturated carbocycles. The zero-order chi connectivity index (χ0) is 20.8. The normalized spacial score (nSPS) is 13.8. The summed E-state index contributed by atoms with van der Waals surface area (Å²) in [6, 6.07) is 10.6. The zero-order valence-electron chi connectivity index (χ0n) is 16.1. The molecule has 1 aromatic carbocycles. The van der Waals surface area contributed by atoms with E-state index >= 15 is 0 Å². The van der Waals surface area contributed by atoms with Gasteiger partial charge < -0.3 is 24.4 Å². The van der Waals surface area contributed by atoms with Crippen molar-refractivity contribution in [2.75, 3.05) is 50.1 Å². The Morgan fingerprint density at radius 3 is 2.52 bits per heavy atom. The average molecular weight is 463 g/mol. The Balaban J connectivity index is 1.52. The minimum absolute atomic E-state index is 0.104. The summed E-state index contributed by atoms with van der Waals surface area (Å²) < 4.78 is 7.35. The van der Waals surface area contributed by atoms with Crippen molar-refractivity contribution in [2.24, 2.45) is 0 Å². The van der Waals surface area contributed by atoms with Gasteiger partial charge in [0, 0.05) is 48.2 Å². The number of nitrogens with zero attached hydrogens (tertiary/aromatic N) is 3. The molecule has 29 heavy (non-hydrogen) atoms. The number of benzene rings is 1. The first-order valence-corrected chi connectivity index (χ1v) is 10.0. The van der Waals surface area contributed by atoms with E-state index in [1.165, 1.54) is 22.6 Å². The molecule has 2 amide bonds. The Morgan fingerprint density at radius 1 is 1.14 bits per heavy atom. The molecule has 0 unspecified atom stereocenters. The molecule has 1 aromatic heterocycles. The summed E-state index contributed by atoms with van der Waals surface area (Å²) in [6.45, 7) is 2.89. The standard InChI is InChI=1S/C20H23BrN4O4/c1-23(20(28)14-25-12-15(21)2-7-19(25)27)13-18(26)22-16-3-5-17(6-4-16)24-8-10-29-11-9-24/h2-7,12H,8-11,13-14H2,1H3,(H,22,26). The van der Waals surface area contributed by atoms with E-state index in [4.69, 9.17) is 4.74 Å². The smallest absolute Gasteiger partial charge is 0.251 e. The number of anilines is 2. The number of hydrogen-bond acceptors (Lipinski definition) is 5. The van der Waals surface area contributed by atoms with Gasteiger partial charge in [-0.2, -0.15) is 0 Å². The average Bonchev–Trinajstić information content (AvgIpc) is 2.71. The molecule has 3 rings (SSSR count). The second-order valence-corrected chi connectivity index (χ2v) is 7.67. The number of hydrogen-bond donors (Lipinski definition) is 1. The Kier molecular flexibility index (Phi) is 7.05. The molecule has 0 spiro atoms. The third kappa shape index (κ3) is 5.91. The van der Waals surface area contributed by atoms with E-state index in [0.717, 1.165) is 18.8 Å². The van der Waals surface area contributed by atoms with Crippen molar-refractivity contribution in [1.29, 1.82) is 0 Å². The highest BCUT2D eigenvalue weighted by atomic mass is 79.9. The molecule has 1 aliphatic heterocycles. The van der Waals surface area contributed by atoms with Crippen LogP contribution in [-0.2, 0) is 20.9 Å². The number of amides is 2. The molecule has 1 fully saturated rings. The van der Waals surface area contributed by atoms with Gasteiger partial charge in [-0.3, -0.25) is 14.4 Å². The van der Waals surface area contributed by atoms with E-state index in [2.05, 4.69) is 26.1 Å². The lowest BCUT2D eigenvalue weighted by atomic mass is 10.2. The van der Waals surface area contributed by atoms with E-state index < -0.39 is 0 Å². The molecule has 0 radical (unpaired) electrons. The summed E-state index contributed by atoms with van der Waals surface area (Å²) in [4.78, 5) is 40.0. The highest BCUT2D eigenvalue weighted by Crippen LogP contribution is 2.19. The summed E-state index contributed by atoms with van der Waals surface area (Å²) in [6.07, 6.45) is 1.55. The summed E-state index contributed by atoms with van der Waals surface area (Å²) in [7, 11) is 1.53. The number of carbonyl (C=O) groups is 2. The maximum atomic E-state index is 12.3. The molecule has 1 N–H and O–H groups in total.